The van der Waals surface area contributed by atoms with Gasteiger partial charge in [0.25, 0.3) is 0 Å². The molecule has 0 N–H and O–H groups in total. The minimum Gasteiger partial charge on any atom is -0.339 e. The Hall–Kier alpha value is -0.570. The molecule has 0 aromatic rings. The van der Waals surface area contributed by atoms with Crippen LogP contribution in [-0.2, 0) is 4.79 Å². The Bertz CT molecular complexity index is 456. The summed E-state index contributed by atoms with van der Waals surface area (Å²) >= 11 is 0. The maximum absolute atomic E-state index is 12.5. The molecule has 0 saturated carbocycles. The van der Waals surface area contributed by atoms with E-state index in [1.807, 2.05) is 4.90 Å². The Morgan fingerprint density at radius 3 is 2.89 bits per heavy atom. The molecule has 0 aromatic carbocycles. The van der Waals surface area contributed by atoms with Crippen molar-refractivity contribution in [3.05, 3.63) is 0 Å². The van der Waals surface area contributed by atoms with Crippen molar-refractivity contribution < 1.29 is 8.91 Å². The zero-order chi connectivity index (χ0) is 14.8. The van der Waals surface area contributed by atoms with Crippen LogP contribution in [0.1, 0.15) is 49.0 Å². The Labute approximate surface area is 114 Å². The van der Waals surface area contributed by atoms with Gasteiger partial charge in [0.1, 0.15) is 0 Å². The highest BCUT2D eigenvalue weighted by Gasteiger charge is 2.50. The second-order valence-electron chi connectivity index (χ2n) is 6.34. The largest absolute Gasteiger partial charge is 0.339 e. The zero-order valence-corrected chi connectivity index (χ0v) is 10.8. The van der Waals surface area contributed by atoms with Crippen molar-refractivity contribution in [3.63, 3.8) is 0 Å². The van der Waals surface area contributed by atoms with Gasteiger partial charge in [-0.2, -0.15) is 0 Å². The summed E-state index contributed by atoms with van der Waals surface area (Å²) in [5, 5.41) is 0. The Kier molecular flexibility index (Phi) is 2.01. The van der Waals surface area contributed by atoms with Gasteiger partial charge in [-0.1, -0.05) is 0 Å². The normalized spacial score (nSPS) is 53.8. The number of nitrogens with zero attached hydrogens (tertiary/aromatic N) is 2. The average molecular weight is 251 g/mol. The molecule has 18 heavy (non-hydrogen) atoms. The third kappa shape index (κ3) is 1.56. The summed E-state index contributed by atoms with van der Waals surface area (Å²) < 4.78 is 24.0. The fourth-order valence-electron chi connectivity index (χ4n) is 4.88. The second kappa shape index (κ2) is 4.22. The molecule has 0 aliphatic carbocycles. The molecule has 4 aliphatic rings. The van der Waals surface area contributed by atoms with E-state index in [1.165, 1.54) is 32.4 Å². The first-order valence-corrected chi connectivity index (χ1v) is 7.47. The van der Waals surface area contributed by atoms with Crippen LogP contribution in [0.2, 0.25) is 0 Å². The highest BCUT2D eigenvalue weighted by molar-refractivity contribution is 5.77. The predicted octanol–water partition coefficient (Wildman–Crippen LogP) is 1.87. The lowest BCUT2D eigenvalue weighted by Gasteiger charge is -2.58. The van der Waals surface area contributed by atoms with E-state index >= 15 is 0 Å². The molecule has 0 bridgehead atoms. The van der Waals surface area contributed by atoms with Crippen molar-refractivity contribution >= 4 is 5.91 Å². The molecule has 0 radical (unpaired) electrons. The Morgan fingerprint density at radius 1 is 1.17 bits per heavy atom. The Balaban J connectivity index is 1.67. The number of carbonyl (C=O) groups is 1. The smallest absolute Gasteiger partial charge is 0.222 e. The van der Waals surface area contributed by atoms with E-state index in [1.54, 1.807) is 0 Å². The number of rotatable bonds is 0. The molecule has 100 valence electrons. The standard InChI is InChI=1S/C15H24N2O/c18-14-7-1-6-13-12-5-3-9-16-8-2-4-11(15(12)16)10-17(13)14/h11-13,15H,1-10H2/t11-,12+,13+,15-/m0/s1/i1D,7D2/t1?,11-,12+,13+,15-. The SMILES string of the molecule is [2H]C1C[C@@H]2[C@H]3CCCN4CCC[C@@H](CN2C(=O)C1([2H])[2H])[C@@H]34. The molecule has 4 fully saturated rings. The summed E-state index contributed by atoms with van der Waals surface area (Å²) in [6, 6.07) is 0.684. The van der Waals surface area contributed by atoms with E-state index in [9.17, 15) is 4.79 Å². The summed E-state index contributed by atoms with van der Waals surface area (Å²) in [7, 11) is 0. The van der Waals surface area contributed by atoms with Gasteiger partial charge in [0.05, 0.1) is 0 Å². The van der Waals surface area contributed by atoms with Crippen LogP contribution in [0.25, 0.3) is 0 Å². The van der Waals surface area contributed by atoms with E-state index in [4.69, 9.17) is 4.11 Å². The molecule has 4 heterocycles. The monoisotopic (exact) mass is 251 g/mol. The molecular weight excluding hydrogens is 224 g/mol. The minimum absolute atomic E-state index is 0.103. The summed E-state index contributed by atoms with van der Waals surface area (Å²) in [6.45, 7) is 3.08. The van der Waals surface area contributed by atoms with Crippen LogP contribution in [0.5, 0.6) is 0 Å². The summed E-state index contributed by atoms with van der Waals surface area (Å²) in [5.41, 5.74) is 0. The molecule has 0 spiro atoms. The second-order valence-corrected chi connectivity index (χ2v) is 6.34. The van der Waals surface area contributed by atoms with Gasteiger partial charge in [-0.05, 0) is 63.4 Å². The fraction of sp³-hybridized carbons (Fsp3) is 0.933. The molecule has 4 saturated heterocycles. The van der Waals surface area contributed by atoms with Gasteiger partial charge in [-0.25, -0.2) is 0 Å². The van der Waals surface area contributed by atoms with E-state index < -0.39 is 18.7 Å². The van der Waals surface area contributed by atoms with E-state index in [0.717, 1.165) is 6.42 Å². The third-order valence-electron chi connectivity index (χ3n) is 5.52. The predicted molar refractivity (Wildman–Crippen MR) is 70.2 cm³/mol. The number of carbonyl (C=O) groups excluding carboxylic acids is 1. The number of piperidine rings is 4. The highest BCUT2D eigenvalue weighted by Crippen LogP contribution is 2.44. The lowest BCUT2D eigenvalue weighted by atomic mass is 9.68. The van der Waals surface area contributed by atoms with Crippen molar-refractivity contribution in [3.8, 4) is 0 Å². The lowest BCUT2D eigenvalue weighted by Crippen LogP contribution is -2.66. The van der Waals surface area contributed by atoms with Crippen molar-refractivity contribution in [1.82, 2.24) is 9.80 Å². The topological polar surface area (TPSA) is 23.6 Å². The van der Waals surface area contributed by atoms with Gasteiger partial charge in [0.15, 0.2) is 0 Å². The average Bonchev–Trinajstić information content (AvgIpc) is 2.47. The van der Waals surface area contributed by atoms with Crippen LogP contribution in [0.15, 0.2) is 0 Å². The van der Waals surface area contributed by atoms with E-state index in [2.05, 4.69) is 4.90 Å². The van der Waals surface area contributed by atoms with Crippen LogP contribution in [0.3, 0.4) is 0 Å². The van der Waals surface area contributed by atoms with Gasteiger partial charge in [-0.15, -0.1) is 0 Å². The van der Waals surface area contributed by atoms with Crippen molar-refractivity contribution in [2.75, 3.05) is 19.6 Å². The highest BCUT2D eigenvalue weighted by atomic mass is 16.2. The molecule has 3 nitrogen and oxygen atoms in total. The molecule has 0 aromatic heterocycles. The first-order valence-electron chi connectivity index (χ1n) is 9.05. The van der Waals surface area contributed by atoms with Crippen molar-refractivity contribution in [1.29, 1.82) is 0 Å². The molecule has 1 unspecified atom stereocenters. The summed E-state index contributed by atoms with van der Waals surface area (Å²) in [5.74, 6) is 0.563. The maximum atomic E-state index is 12.5. The quantitative estimate of drug-likeness (QED) is 0.656. The van der Waals surface area contributed by atoms with Crippen molar-refractivity contribution in [2.45, 2.75) is 57.0 Å². The minimum atomic E-state index is -1.99. The molecule has 3 heteroatoms. The number of hydrogen-bond donors (Lipinski definition) is 0. The Morgan fingerprint density at radius 2 is 2.00 bits per heavy atom. The zero-order valence-electron chi connectivity index (χ0n) is 13.8. The summed E-state index contributed by atoms with van der Waals surface area (Å²) in [4.78, 5) is 17.0. The fourth-order valence-corrected chi connectivity index (χ4v) is 4.88. The first kappa shape index (κ1) is 8.57. The van der Waals surface area contributed by atoms with Crippen LogP contribution < -0.4 is 0 Å². The van der Waals surface area contributed by atoms with Gasteiger partial charge in [0, 0.05) is 29.1 Å². The van der Waals surface area contributed by atoms with Gasteiger partial charge in [0.2, 0.25) is 5.91 Å². The van der Waals surface area contributed by atoms with Crippen molar-refractivity contribution in [2.24, 2.45) is 11.8 Å². The van der Waals surface area contributed by atoms with Crippen LogP contribution in [0.4, 0.5) is 0 Å². The van der Waals surface area contributed by atoms with Crippen LogP contribution >= 0.6 is 0 Å². The number of fused-ring (bicyclic) bond motifs is 2. The van der Waals surface area contributed by atoms with Crippen LogP contribution in [0, 0.1) is 11.8 Å². The molecule has 4 rings (SSSR count). The number of hydrogen-bond acceptors (Lipinski definition) is 2. The van der Waals surface area contributed by atoms with Gasteiger partial charge in [-0.3, -0.25) is 9.69 Å². The molecular formula is C15H24N2O. The van der Waals surface area contributed by atoms with E-state index in [0.29, 0.717) is 30.8 Å². The molecule has 4 aliphatic heterocycles. The van der Waals surface area contributed by atoms with Gasteiger partial charge < -0.3 is 4.90 Å². The third-order valence-corrected chi connectivity index (χ3v) is 5.52. The maximum Gasteiger partial charge on any atom is 0.222 e. The molecule has 5 atom stereocenters. The van der Waals surface area contributed by atoms with Crippen LogP contribution in [-0.4, -0.2) is 47.4 Å². The first-order chi connectivity index (χ1) is 10.00. The summed E-state index contributed by atoms with van der Waals surface area (Å²) in [6.07, 6.45) is 2.31. The lowest BCUT2D eigenvalue weighted by molar-refractivity contribution is -0.150. The number of amides is 1. The van der Waals surface area contributed by atoms with E-state index in [-0.39, 0.29) is 6.04 Å². The molecule has 1 amide bonds. The van der Waals surface area contributed by atoms with Gasteiger partial charge >= 0.3 is 0 Å².